The molecule has 0 saturated heterocycles. The van der Waals surface area contributed by atoms with E-state index in [9.17, 15) is 0 Å². The minimum atomic E-state index is 0.343. The van der Waals surface area contributed by atoms with Crippen LogP contribution in [0.25, 0.3) is 10.2 Å². The van der Waals surface area contributed by atoms with Crippen LogP contribution in [0.1, 0.15) is 38.4 Å². The molecule has 108 valence electrons. The highest BCUT2D eigenvalue weighted by Gasteiger charge is 2.20. The van der Waals surface area contributed by atoms with Crippen molar-refractivity contribution in [1.29, 1.82) is 0 Å². The molecular weight excluding hydrogens is 272 g/mol. The zero-order valence-electron chi connectivity index (χ0n) is 11.6. The van der Waals surface area contributed by atoms with Crippen molar-refractivity contribution in [1.82, 2.24) is 9.97 Å². The van der Waals surface area contributed by atoms with Gasteiger partial charge in [-0.1, -0.05) is 19.8 Å². The van der Waals surface area contributed by atoms with Gasteiger partial charge in [-0.25, -0.2) is 15.8 Å². The lowest BCUT2D eigenvalue weighted by Crippen LogP contribution is -2.22. The molecule has 2 aromatic rings. The monoisotopic (exact) mass is 292 g/mol. The highest BCUT2D eigenvalue weighted by molar-refractivity contribution is 7.16. The van der Waals surface area contributed by atoms with Gasteiger partial charge in [0.15, 0.2) is 11.6 Å². The van der Waals surface area contributed by atoms with Gasteiger partial charge in [-0.2, -0.15) is 0 Å². The van der Waals surface area contributed by atoms with Gasteiger partial charge in [0.1, 0.15) is 11.4 Å². The Morgan fingerprint density at radius 3 is 3.15 bits per heavy atom. The maximum Gasteiger partial charge on any atom is 0.158 e. The highest BCUT2D eigenvalue weighted by atomic mass is 32.1. The number of aromatic nitrogens is 2. The van der Waals surface area contributed by atoms with Crippen molar-refractivity contribution in [3.8, 4) is 0 Å². The zero-order chi connectivity index (χ0) is 13.9. The number of nitrogens with zero attached hydrogens (tertiary/aromatic N) is 2. The van der Waals surface area contributed by atoms with Gasteiger partial charge in [0.05, 0.1) is 11.5 Å². The molecule has 0 aromatic carbocycles. The minimum absolute atomic E-state index is 0.343. The first-order chi connectivity index (χ1) is 9.76. The van der Waals surface area contributed by atoms with Crippen LogP contribution < -0.4 is 11.3 Å². The largest absolute Gasteiger partial charge is 0.370 e. The number of nitrogens with one attached hydrogen (secondary N) is 1. The molecule has 0 radical (unpaired) electrons. The quantitative estimate of drug-likeness (QED) is 0.669. The summed E-state index contributed by atoms with van der Waals surface area (Å²) in [5.74, 6) is 7.66. The first kappa shape index (κ1) is 13.7. The third-order valence-corrected chi connectivity index (χ3v) is 4.65. The fourth-order valence-electron chi connectivity index (χ4n) is 2.80. The maximum atomic E-state index is 5.98. The lowest BCUT2D eigenvalue weighted by Gasteiger charge is -2.26. The van der Waals surface area contributed by atoms with Crippen molar-refractivity contribution >= 4 is 27.4 Å². The molecular formula is C14H20N4OS. The van der Waals surface area contributed by atoms with Gasteiger partial charge < -0.3 is 10.2 Å². The number of hydrogen-bond donors (Lipinski definition) is 2. The summed E-state index contributed by atoms with van der Waals surface area (Å²) < 4.78 is 5.98. The molecule has 2 heterocycles. The second-order valence-electron chi connectivity index (χ2n) is 5.48. The molecule has 1 aliphatic carbocycles. The van der Waals surface area contributed by atoms with Gasteiger partial charge in [0.25, 0.3) is 0 Å². The average Bonchev–Trinajstić information content (AvgIpc) is 2.92. The number of thiophene rings is 1. The summed E-state index contributed by atoms with van der Waals surface area (Å²) in [6.07, 6.45) is 5.21. The summed E-state index contributed by atoms with van der Waals surface area (Å²) in [4.78, 5) is 9.91. The maximum absolute atomic E-state index is 5.98. The van der Waals surface area contributed by atoms with E-state index < -0.39 is 0 Å². The second-order valence-corrected chi connectivity index (χ2v) is 6.37. The van der Waals surface area contributed by atoms with Crippen molar-refractivity contribution in [3.05, 3.63) is 17.3 Å². The molecule has 2 aromatic heterocycles. The molecule has 0 aliphatic heterocycles. The molecule has 0 spiro atoms. The van der Waals surface area contributed by atoms with E-state index >= 15 is 0 Å². The van der Waals surface area contributed by atoms with Crippen LogP contribution in [0, 0.1) is 5.92 Å². The summed E-state index contributed by atoms with van der Waals surface area (Å²) in [5.41, 5.74) is 2.64. The van der Waals surface area contributed by atoms with Crippen LogP contribution in [0.15, 0.2) is 11.4 Å². The number of nitrogen functional groups attached to an aromatic ring is 1. The highest BCUT2D eigenvalue weighted by Crippen LogP contribution is 2.27. The van der Waals surface area contributed by atoms with Crippen molar-refractivity contribution in [2.24, 2.45) is 11.8 Å². The van der Waals surface area contributed by atoms with Crippen molar-refractivity contribution in [2.75, 3.05) is 5.43 Å². The molecule has 5 nitrogen and oxygen atoms in total. The normalized spacial score (nSPS) is 23.1. The van der Waals surface area contributed by atoms with Gasteiger partial charge in [-0.3, -0.25) is 0 Å². The summed E-state index contributed by atoms with van der Waals surface area (Å²) in [5, 5.41) is 2.96. The summed E-state index contributed by atoms with van der Waals surface area (Å²) in [6, 6.07) is 1.97. The second kappa shape index (κ2) is 6.03. The van der Waals surface area contributed by atoms with E-state index in [0.29, 0.717) is 24.4 Å². The van der Waals surface area contributed by atoms with Gasteiger partial charge in [0, 0.05) is 0 Å². The SMILES string of the molecule is CC1CCCC(OCc2nc(NN)c3ccsc3n2)C1. The fraction of sp³-hybridized carbons (Fsp3) is 0.571. The minimum Gasteiger partial charge on any atom is -0.370 e. The fourth-order valence-corrected chi connectivity index (χ4v) is 3.58. The third kappa shape index (κ3) is 2.92. The number of anilines is 1. The Hall–Kier alpha value is -1.24. The molecule has 0 bridgehead atoms. The van der Waals surface area contributed by atoms with E-state index in [4.69, 9.17) is 10.6 Å². The lowest BCUT2D eigenvalue weighted by molar-refractivity contribution is 0.00179. The lowest BCUT2D eigenvalue weighted by atomic mass is 9.89. The number of fused-ring (bicyclic) bond motifs is 1. The van der Waals surface area contributed by atoms with E-state index in [1.54, 1.807) is 11.3 Å². The molecule has 1 saturated carbocycles. The summed E-state index contributed by atoms with van der Waals surface area (Å²) in [6.45, 7) is 2.75. The Kier molecular flexibility index (Phi) is 4.14. The van der Waals surface area contributed by atoms with Crippen molar-refractivity contribution in [3.63, 3.8) is 0 Å². The Morgan fingerprint density at radius 2 is 2.35 bits per heavy atom. The number of nitrogens with two attached hydrogens (primary N) is 1. The van der Waals surface area contributed by atoms with E-state index in [0.717, 1.165) is 29.0 Å². The predicted octanol–water partition coefficient (Wildman–Crippen LogP) is 3.07. The van der Waals surface area contributed by atoms with E-state index in [-0.39, 0.29) is 0 Å². The molecule has 1 aliphatic rings. The summed E-state index contributed by atoms with van der Waals surface area (Å²) >= 11 is 1.59. The van der Waals surface area contributed by atoms with Crippen LogP contribution in [-0.2, 0) is 11.3 Å². The molecule has 20 heavy (non-hydrogen) atoms. The molecule has 2 unspecified atom stereocenters. The Bertz CT molecular complexity index is 586. The van der Waals surface area contributed by atoms with Crippen LogP contribution in [-0.4, -0.2) is 16.1 Å². The number of hydrogen-bond acceptors (Lipinski definition) is 6. The van der Waals surface area contributed by atoms with Crippen LogP contribution in [0.2, 0.25) is 0 Å². The number of hydrazine groups is 1. The predicted molar refractivity (Wildman–Crippen MR) is 81.4 cm³/mol. The van der Waals surface area contributed by atoms with E-state index in [2.05, 4.69) is 22.3 Å². The van der Waals surface area contributed by atoms with E-state index in [1.807, 2.05) is 11.4 Å². The van der Waals surface area contributed by atoms with Crippen LogP contribution >= 0.6 is 11.3 Å². The zero-order valence-corrected chi connectivity index (χ0v) is 12.4. The third-order valence-electron chi connectivity index (χ3n) is 3.84. The van der Waals surface area contributed by atoms with Gasteiger partial charge in [0.2, 0.25) is 0 Å². The van der Waals surface area contributed by atoms with Crippen molar-refractivity contribution < 1.29 is 4.74 Å². The average molecular weight is 292 g/mol. The Labute approximate surface area is 122 Å². The molecule has 1 fully saturated rings. The van der Waals surface area contributed by atoms with Crippen LogP contribution in [0.3, 0.4) is 0 Å². The van der Waals surface area contributed by atoms with Crippen LogP contribution in [0.5, 0.6) is 0 Å². The number of rotatable bonds is 4. The number of ether oxygens (including phenoxy) is 1. The first-order valence-electron chi connectivity index (χ1n) is 7.08. The Balaban J connectivity index is 1.70. The molecule has 6 heteroatoms. The first-order valence-corrected chi connectivity index (χ1v) is 7.96. The molecule has 3 rings (SSSR count). The topological polar surface area (TPSA) is 73.1 Å². The molecule has 2 atom stereocenters. The molecule has 3 N–H and O–H groups in total. The van der Waals surface area contributed by atoms with Gasteiger partial charge >= 0.3 is 0 Å². The Morgan fingerprint density at radius 1 is 1.45 bits per heavy atom. The van der Waals surface area contributed by atoms with Crippen molar-refractivity contribution in [2.45, 2.75) is 45.3 Å². The van der Waals surface area contributed by atoms with E-state index in [1.165, 1.54) is 12.8 Å². The van der Waals surface area contributed by atoms with Gasteiger partial charge in [-0.15, -0.1) is 11.3 Å². The molecule has 0 amide bonds. The standard InChI is InChI=1S/C14H20N4OS/c1-9-3-2-4-10(7-9)19-8-12-16-13(18-15)11-5-6-20-14(11)17-12/h5-6,9-10H,2-4,7-8,15H2,1H3,(H,16,17,18). The van der Waals surface area contributed by atoms with Gasteiger partial charge in [-0.05, 0) is 30.2 Å². The van der Waals surface area contributed by atoms with Crippen LogP contribution in [0.4, 0.5) is 5.82 Å². The summed E-state index contributed by atoms with van der Waals surface area (Å²) in [7, 11) is 0. The smallest absolute Gasteiger partial charge is 0.158 e.